The van der Waals surface area contributed by atoms with Crippen molar-refractivity contribution in [2.24, 2.45) is 0 Å². The van der Waals surface area contributed by atoms with Gasteiger partial charge in [0.25, 0.3) is 0 Å². The zero-order valence-corrected chi connectivity index (χ0v) is 12.5. The smallest absolute Gasteiger partial charge is 0.320 e. The molecule has 0 atom stereocenters. The Labute approximate surface area is 116 Å². The first-order chi connectivity index (χ1) is 9.06. The van der Waals surface area contributed by atoms with Crippen molar-refractivity contribution in [3.05, 3.63) is 34.9 Å². The van der Waals surface area contributed by atoms with Gasteiger partial charge in [0.05, 0.1) is 13.2 Å². The van der Waals surface area contributed by atoms with Gasteiger partial charge in [-0.25, -0.2) is 0 Å². The zero-order chi connectivity index (χ0) is 14.3. The monoisotopic (exact) mass is 263 g/mol. The summed E-state index contributed by atoms with van der Waals surface area (Å²) in [6, 6.07) is 6.46. The minimum absolute atomic E-state index is 0.138. The Hall–Kier alpha value is -1.35. The number of hydrogen-bond donors (Lipinski definition) is 0. The summed E-state index contributed by atoms with van der Waals surface area (Å²) >= 11 is 0. The van der Waals surface area contributed by atoms with Crippen molar-refractivity contribution >= 4 is 5.97 Å². The number of benzene rings is 1. The molecule has 3 heteroatoms. The van der Waals surface area contributed by atoms with Crippen molar-refractivity contribution in [1.82, 2.24) is 4.90 Å². The Morgan fingerprint density at radius 1 is 1.26 bits per heavy atom. The number of carbonyl (C=O) groups is 1. The van der Waals surface area contributed by atoms with Crippen LogP contribution in [-0.2, 0) is 16.1 Å². The molecule has 0 amide bonds. The first-order valence-corrected chi connectivity index (χ1v) is 7.00. The van der Waals surface area contributed by atoms with Gasteiger partial charge in [0.1, 0.15) is 0 Å². The maximum absolute atomic E-state index is 11.6. The number of hydrogen-bond acceptors (Lipinski definition) is 3. The van der Waals surface area contributed by atoms with E-state index in [1.807, 2.05) is 6.92 Å². The van der Waals surface area contributed by atoms with Gasteiger partial charge in [0, 0.05) is 6.54 Å². The predicted molar refractivity (Wildman–Crippen MR) is 78.1 cm³/mol. The number of carbonyl (C=O) groups excluding carboxylic acids is 1. The average Bonchev–Trinajstić information content (AvgIpc) is 2.34. The molecule has 0 saturated heterocycles. The number of aryl methyl sites for hydroxylation is 2. The Morgan fingerprint density at radius 2 is 2.00 bits per heavy atom. The quantitative estimate of drug-likeness (QED) is 0.708. The summed E-state index contributed by atoms with van der Waals surface area (Å²) in [5.41, 5.74) is 3.82. The van der Waals surface area contributed by atoms with Crippen molar-refractivity contribution in [3.63, 3.8) is 0 Å². The third kappa shape index (κ3) is 5.43. The fourth-order valence-electron chi connectivity index (χ4n) is 2.13. The van der Waals surface area contributed by atoms with E-state index in [9.17, 15) is 4.79 Å². The van der Waals surface area contributed by atoms with Crippen LogP contribution in [-0.4, -0.2) is 30.6 Å². The van der Waals surface area contributed by atoms with Gasteiger partial charge in [0.2, 0.25) is 0 Å². The molecule has 1 aromatic carbocycles. The maximum Gasteiger partial charge on any atom is 0.320 e. The van der Waals surface area contributed by atoms with Gasteiger partial charge in [-0.3, -0.25) is 9.69 Å². The topological polar surface area (TPSA) is 29.5 Å². The molecule has 3 nitrogen and oxygen atoms in total. The van der Waals surface area contributed by atoms with Gasteiger partial charge < -0.3 is 4.74 Å². The molecule has 0 aliphatic carbocycles. The van der Waals surface area contributed by atoms with Crippen molar-refractivity contribution < 1.29 is 9.53 Å². The molecule has 0 heterocycles. The zero-order valence-electron chi connectivity index (χ0n) is 12.5. The van der Waals surface area contributed by atoms with E-state index >= 15 is 0 Å². The van der Waals surface area contributed by atoms with Crippen molar-refractivity contribution in [2.75, 3.05) is 19.7 Å². The average molecular weight is 263 g/mol. The summed E-state index contributed by atoms with van der Waals surface area (Å²) in [6.07, 6.45) is 1.03. The molecule has 0 spiro atoms. The van der Waals surface area contributed by atoms with Gasteiger partial charge >= 0.3 is 5.97 Å². The molecule has 0 saturated carbocycles. The number of rotatable bonds is 7. The molecule has 0 aromatic heterocycles. The fraction of sp³-hybridized carbons (Fsp3) is 0.562. The number of esters is 1. The molecule has 0 radical (unpaired) electrons. The molecule has 106 valence electrons. The van der Waals surface area contributed by atoms with E-state index in [0.29, 0.717) is 13.2 Å². The van der Waals surface area contributed by atoms with Crippen LogP contribution >= 0.6 is 0 Å². The molecule has 0 bridgehead atoms. The van der Waals surface area contributed by atoms with Crippen LogP contribution in [0.5, 0.6) is 0 Å². The minimum atomic E-state index is -0.138. The molecule has 0 aliphatic rings. The minimum Gasteiger partial charge on any atom is -0.465 e. The van der Waals surface area contributed by atoms with Crippen LogP contribution in [0.2, 0.25) is 0 Å². The van der Waals surface area contributed by atoms with Gasteiger partial charge in [-0.05, 0) is 44.9 Å². The highest BCUT2D eigenvalue weighted by atomic mass is 16.5. The van der Waals surface area contributed by atoms with Crippen LogP contribution in [0.1, 0.15) is 37.0 Å². The van der Waals surface area contributed by atoms with E-state index in [0.717, 1.165) is 19.5 Å². The lowest BCUT2D eigenvalue weighted by molar-refractivity contribution is -0.144. The molecule has 1 aromatic rings. The van der Waals surface area contributed by atoms with Gasteiger partial charge in [-0.1, -0.05) is 30.7 Å². The highest BCUT2D eigenvalue weighted by Crippen LogP contribution is 2.13. The molecule has 1 rings (SSSR count). The highest BCUT2D eigenvalue weighted by molar-refractivity contribution is 5.71. The summed E-state index contributed by atoms with van der Waals surface area (Å²) < 4.78 is 5.03. The van der Waals surface area contributed by atoms with E-state index in [1.165, 1.54) is 16.7 Å². The van der Waals surface area contributed by atoms with Crippen LogP contribution < -0.4 is 0 Å². The Balaban J connectivity index is 2.71. The lowest BCUT2D eigenvalue weighted by atomic mass is 10.1. The first-order valence-electron chi connectivity index (χ1n) is 7.00. The van der Waals surface area contributed by atoms with Gasteiger partial charge in [-0.15, -0.1) is 0 Å². The third-order valence-corrected chi connectivity index (χ3v) is 3.10. The molecule has 0 fully saturated rings. The molecule has 0 N–H and O–H groups in total. The molecule has 0 unspecified atom stereocenters. The lowest BCUT2D eigenvalue weighted by Crippen LogP contribution is -2.31. The SMILES string of the molecule is CCCN(CC(=O)OCC)Cc1cc(C)ccc1C. The second-order valence-corrected chi connectivity index (χ2v) is 4.95. The predicted octanol–water partition coefficient (Wildman–Crippen LogP) is 3.08. The van der Waals surface area contributed by atoms with E-state index in [1.54, 1.807) is 0 Å². The number of nitrogens with zero attached hydrogens (tertiary/aromatic N) is 1. The summed E-state index contributed by atoms with van der Waals surface area (Å²) in [7, 11) is 0. The van der Waals surface area contributed by atoms with Crippen molar-refractivity contribution in [2.45, 2.75) is 40.7 Å². The molecular weight excluding hydrogens is 238 g/mol. The normalized spacial score (nSPS) is 10.8. The van der Waals surface area contributed by atoms with Crippen LogP contribution in [0.25, 0.3) is 0 Å². The van der Waals surface area contributed by atoms with Gasteiger partial charge in [0.15, 0.2) is 0 Å². The standard InChI is InChI=1S/C16H25NO2/c1-5-9-17(12-16(18)19-6-2)11-15-10-13(3)7-8-14(15)4/h7-8,10H,5-6,9,11-12H2,1-4H3. The van der Waals surface area contributed by atoms with Crippen molar-refractivity contribution in [3.8, 4) is 0 Å². The molecular formula is C16H25NO2. The van der Waals surface area contributed by atoms with Crippen LogP contribution in [0.3, 0.4) is 0 Å². The Morgan fingerprint density at radius 3 is 2.63 bits per heavy atom. The summed E-state index contributed by atoms with van der Waals surface area (Å²) in [5, 5.41) is 0. The Bertz CT molecular complexity index is 415. The van der Waals surface area contributed by atoms with Crippen LogP contribution in [0.4, 0.5) is 0 Å². The van der Waals surface area contributed by atoms with E-state index in [4.69, 9.17) is 4.74 Å². The van der Waals surface area contributed by atoms with Crippen molar-refractivity contribution in [1.29, 1.82) is 0 Å². The van der Waals surface area contributed by atoms with Gasteiger partial charge in [-0.2, -0.15) is 0 Å². The summed E-state index contributed by atoms with van der Waals surface area (Å²) in [6.45, 7) is 10.7. The maximum atomic E-state index is 11.6. The molecule has 19 heavy (non-hydrogen) atoms. The number of ether oxygens (including phenoxy) is 1. The fourth-order valence-corrected chi connectivity index (χ4v) is 2.13. The lowest BCUT2D eigenvalue weighted by Gasteiger charge is -2.22. The van der Waals surface area contributed by atoms with E-state index < -0.39 is 0 Å². The summed E-state index contributed by atoms with van der Waals surface area (Å²) in [4.78, 5) is 13.8. The Kier molecular flexibility index (Phi) is 6.57. The third-order valence-electron chi connectivity index (χ3n) is 3.10. The van der Waals surface area contributed by atoms with E-state index in [2.05, 4.69) is 43.9 Å². The largest absolute Gasteiger partial charge is 0.465 e. The first kappa shape index (κ1) is 15.7. The molecule has 0 aliphatic heterocycles. The van der Waals surface area contributed by atoms with Crippen LogP contribution in [0.15, 0.2) is 18.2 Å². The van der Waals surface area contributed by atoms with Crippen LogP contribution in [0, 0.1) is 13.8 Å². The van der Waals surface area contributed by atoms with E-state index in [-0.39, 0.29) is 5.97 Å². The summed E-state index contributed by atoms with van der Waals surface area (Å²) in [5.74, 6) is -0.138. The second-order valence-electron chi connectivity index (χ2n) is 4.95. The highest BCUT2D eigenvalue weighted by Gasteiger charge is 2.12. The second kappa shape index (κ2) is 7.95.